The van der Waals surface area contributed by atoms with Crippen LogP contribution in [-0.4, -0.2) is 37.5 Å². The first-order chi connectivity index (χ1) is 6.52. The molecule has 0 rings (SSSR count). The van der Waals surface area contributed by atoms with Crippen LogP contribution in [0.15, 0.2) is 0 Å². The van der Waals surface area contributed by atoms with Gasteiger partial charge in [-0.3, -0.25) is 4.79 Å². The summed E-state index contributed by atoms with van der Waals surface area (Å²) >= 11 is 0. The predicted octanol–water partition coefficient (Wildman–Crippen LogP) is 0.602. The molecule has 2 unspecified atom stereocenters. The van der Waals surface area contributed by atoms with Crippen LogP contribution in [0.5, 0.6) is 0 Å². The Hall–Kier alpha value is -1.08. The van der Waals surface area contributed by atoms with Gasteiger partial charge in [0.1, 0.15) is 5.92 Å². The van der Waals surface area contributed by atoms with Gasteiger partial charge < -0.3 is 10.2 Å². The Kier molecular flexibility index (Phi) is 5.89. The second-order valence-electron chi connectivity index (χ2n) is 3.65. The topological polar surface area (TPSA) is 56.1 Å². The molecule has 0 spiro atoms. The number of carbonyl (C=O) groups excluding carboxylic acids is 1. The maximum atomic E-state index is 11.4. The van der Waals surface area contributed by atoms with E-state index in [-0.39, 0.29) is 11.9 Å². The molecule has 0 bridgehead atoms. The van der Waals surface area contributed by atoms with E-state index in [1.807, 2.05) is 38.9 Å². The van der Waals surface area contributed by atoms with Gasteiger partial charge in [-0.2, -0.15) is 5.26 Å². The van der Waals surface area contributed by atoms with Gasteiger partial charge in [0.15, 0.2) is 0 Å². The maximum absolute atomic E-state index is 11.4. The van der Waals surface area contributed by atoms with Crippen LogP contribution in [0.1, 0.15) is 20.3 Å². The molecule has 0 aromatic rings. The fourth-order valence-corrected chi connectivity index (χ4v) is 0.889. The lowest BCUT2D eigenvalue weighted by atomic mass is 10.1. The molecule has 1 N–H and O–H groups in total. The van der Waals surface area contributed by atoms with Gasteiger partial charge in [0, 0.05) is 12.6 Å². The molecule has 4 heteroatoms. The zero-order chi connectivity index (χ0) is 11.1. The van der Waals surface area contributed by atoms with Gasteiger partial charge in [0.05, 0.1) is 6.07 Å². The fraction of sp³-hybridized carbons (Fsp3) is 0.800. The van der Waals surface area contributed by atoms with Crippen molar-refractivity contribution >= 4 is 5.91 Å². The number of carbonyl (C=O) groups is 1. The number of rotatable bonds is 5. The Balaban J connectivity index is 3.91. The third-order valence-electron chi connectivity index (χ3n) is 2.33. The number of amides is 1. The van der Waals surface area contributed by atoms with E-state index in [4.69, 9.17) is 5.26 Å². The molecular weight excluding hydrogens is 178 g/mol. The first kappa shape index (κ1) is 12.9. The smallest absolute Gasteiger partial charge is 0.237 e. The average molecular weight is 197 g/mol. The Bertz CT molecular complexity index is 220. The van der Waals surface area contributed by atoms with Gasteiger partial charge in [-0.1, -0.05) is 6.92 Å². The molecule has 0 saturated heterocycles. The van der Waals surface area contributed by atoms with Crippen molar-refractivity contribution in [1.82, 2.24) is 10.2 Å². The van der Waals surface area contributed by atoms with Gasteiger partial charge in [-0.15, -0.1) is 0 Å². The summed E-state index contributed by atoms with van der Waals surface area (Å²) in [5, 5.41) is 11.4. The molecule has 0 fully saturated rings. The Morgan fingerprint density at radius 1 is 1.57 bits per heavy atom. The predicted molar refractivity (Wildman–Crippen MR) is 55.6 cm³/mol. The largest absolute Gasteiger partial charge is 0.353 e. The van der Waals surface area contributed by atoms with Crippen LogP contribution in [0.2, 0.25) is 0 Å². The Morgan fingerprint density at radius 2 is 2.14 bits per heavy atom. The number of nitriles is 1. The van der Waals surface area contributed by atoms with E-state index in [1.165, 1.54) is 0 Å². The van der Waals surface area contributed by atoms with Crippen molar-refractivity contribution in [3.63, 3.8) is 0 Å². The third kappa shape index (κ3) is 4.24. The van der Waals surface area contributed by atoms with E-state index in [1.54, 1.807) is 0 Å². The van der Waals surface area contributed by atoms with Crippen LogP contribution >= 0.6 is 0 Å². The molecule has 2 atom stereocenters. The fourth-order valence-electron chi connectivity index (χ4n) is 0.889. The SMILES string of the molecule is CCC(C#N)C(=O)NCC(C)N(C)C. The summed E-state index contributed by atoms with van der Waals surface area (Å²) in [7, 11) is 3.91. The Labute approximate surface area is 85.9 Å². The molecule has 14 heavy (non-hydrogen) atoms. The normalized spacial score (nSPS) is 14.6. The van der Waals surface area contributed by atoms with E-state index in [0.717, 1.165) is 0 Å². The van der Waals surface area contributed by atoms with E-state index < -0.39 is 5.92 Å². The highest BCUT2D eigenvalue weighted by Gasteiger charge is 2.15. The minimum absolute atomic E-state index is 0.163. The second-order valence-corrected chi connectivity index (χ2v) is 3.65. The molecule has 0 aliphatic heterocycles. The van der Waals surface area contributed by atoms with E-state index in [0.29, 0.717) is 13.0 Å². The molecule has 0 saturated carbocycles. The molecule has 0 aliphatic carbocycles. The maximum Gasteiger partial charge on any atom is 0.237 e. The van der Waals surface area contributed by atoms with E-state index in [2.05, 4.69) is 5.32 Å². The number of nitrogens with one attached hydrogen (secondary N) is 1. The van der Waals surface area contributed by atoms with Crippen LogP contribution < -0.4 is 5.32 Å². The lowest BCUT2D eigenvalue weighted by Crippen LogP contribution is -2.40. The van der Waals surface area contributed by atoms with Gasteiger partial charge in [-0.05, 0) is 27.4 Å². The Morgan fingerprint density at radius 3 is 2.50 bits per heavy atom. The highest BCUT2D eigenvalue weighted by atomic mass is 16.1. The van der Waals surface area contributed by atoms with E-state index >= 15 is 0 Å². The monoisotopic (exact) mass is 197 g/mol. The molecule has 0 radical (unpaired) electrons. The molecule has 0 heterocycles. The lowest BCUT2D eigenvalue weighted by Gasteiger charge is -2.20. The van der Waals surface area contributed by atoms with Crippen LogP contribution in [0.3, 0.4) is 0 Å². The molecule has 0 aromatic heterocycles. The van der Waals surface area contributed by atoms with Crippen molar-refractivity contribution in [3.05, 3.63) is 0 Å². The van der Waals surface area contributed by atoms with Crippen LogP contribution in [-0.2, 0) is 4.79 Å². The standard InChI is InChI=1S/C10H19N3O/c1-5-9(6-11)10(14)12-7-8(2)13(3)4/h8-9H,5,7H2,1-4H3,(H,12,14). The van der Waals surface area contributed by atoms with Crippen molar-refractivity contribution in [3.8, 4) is 6.07 Å². The van der Waals surface area contributed by atoms with Crippen LogP contribution in [0.25, 0.3) is 0 Å². The first-order valence-corrected chi connectivity index (χ1v) is 4.86. The molecule has 1 amide bonds. The van der Waals surface area contributed by atoms with Gasteiger partial charge in [0.25, 0.3) is 0 Å². The molecule has 0 aromatic carbocycles. The summed E-state index contributed by atoms with van der Waals surface area (Å²) in [6, 6.07) is 2.27. The molecular formula is C10H19N3O. The minimum Gasteiger partial charge on any atom is -0.353 e. The summed E-state index contributed by atoms with van der Waals surface area (Å²) < 4.78 is 0. The van der Waals surface area contributed by atoms with Crippen molar-refractivity contribution in [2.75, 3.05) is 20.6 Å². The van der Waals surface area contributed by atoms with Crippen LogP contribution in [0, 0.1) is 17.2 Å². The highest BCUT2D eigenvalue weighted by molar-refractivity contribution is 5.80. The quantitative estimate of drug-likeness (QED) is 0.702. The third-order valence-corrected chi connectivity index (χ3v) is 2.33. The van der Waals surface area contributed by atoms with E-state index in [9.17, 15) is 4.79 Å². The number of hydrogen-bond acceptors (Lipinski definition) is 3. The number of nitrogens with zero attached hydrogens (tertiary/aromatic N) is 2. The van der Waals surface area contributed by atoms with Crippen LogP contribution in [0.4, 0.5) is 0 Å². The summed E-state index contributed by atoms with van der Waals surface area (Å²) in [6.45, 7) is 4.44. The average Bonchev–Trinajstić information content (AvgIpc) is 2.15. The highest BCUT2D eigenvalue weighted by Crippen LogP contribution is 2.00. The first-order valence-electron chi connectivity index (χ1n) is 4.86. The van der Waals surface area contributed by atoms with Crippen molar-refractivity contribution < 1.29 is 4.79 Å². The zero-order valence-corrected chi connectivity index (χ0v) is 9.37. The van der Waals surface area contributed by atoms with Gasteiger partial charge in [-0.25, -0.2) is 0 Å². The second kappa shape index (κ2) is 6.39. The van der Waals surface area contributed by atoms with Crippen molar-refractivity contribution in [2.45, 2.75) is 26.3 Å². The summed E-state index contributed by atoms with van der Waals surface area (Å²) in [5.74, 6) is -0.673. The minimum atomic E-state index is -0.510. The van der Waals surface area contributed by atoms with Gasteiger partial charge >= 0.3 is 0 Å². The summed E-state index contributed by atoms with van der Waals surface area (Å²) in [6.07, 6.45) is 0.568. The number of hydrogen-bond donors (Lipinski definition) is 1. The zero-order valence-electron chi connectivity index (χ0n) is 9.37. The molecule has 0 aliphatic rings. The lowest BCUT2D eigenvalue weighted by molar-refractivity contribution is -0.123. The number of likely N-dealkylation sites (N-methyl/N-ethyl adjacent to an activating group) is 1. The van der Waals surface area contributed by atoms with Crippen molar-refractivity contribution in [1.29, 1.82) is 5.26 Å². The summed E-state index contributed by atoms with van der Waals surface area (Å²) in [4.78, 5) is 13.4. The molecule has 4 nitrogen and oxygen atoms in total. The molecule has 80 valence electrons. The van der Waals surface area contributed by atoms with Crippen molar-refractivity contribution in [2.24, 2.45) is 5.92 Å². The van der Waals surface area contributed by atoms with Gasteiger partial charge in [0.2, 0.25) is 5.91 Å². The summed E-state index contributed by atoms with van der Waals surface area (Å²) in [5.41, 5.74) is 0.